The molecule has 7 heteroatoms. The second-order valence-electron chi connectivity index (χ2n) is 5.92. The molecule has 2 heterocycles. The van der Waals surface area contributed by atoms with E-state index in [2.05, 4.69) is 15.5 Å². The molecule has 2 rings (SSSR count). The van der Waals surface area contributed by atoms with E-state index in [1.807, 2.05) is 0 Å². The molecule has 0 saturated carbocycles. The van der Waals surface area contributed by atoms with Crippen molar-refractivity contribution in [1.29, 1.82) is 0 Å². The van der Waals surface area contributed by atoms with Gasteiger partial charge in [-0.15, -0.1) is 12.4 Å². The van der Waals surface area contributed by atoms with Gasteiger partial charge in [-0.05, 0) is 12.8 Å². The second kappa shape index (κ2) is 10.8. The van der Waals surface area contributed by atoms with E-state index in [-0.39, 0.29) is 30.8 Å². The zero-order valence-corrected chi connectivity index (χ0v) is 14.1. The van der Waals surface area contributed by atoms with Crippen LogP contribution in [0.1, 0.15) is 32.1 Å². The minimum Gasteiger partial charge on any atom is -0.353 e. The van der Waals surface area contributed by atoms with Crippen molar-refractivity contribution < 1.29 is 9.59 Å². The molecular weight excluding hydrogens is 304 g/mol. The SMILES string of the molecule is Cl.O=C(CN1CCCCCCC1=O)NCCN1CCNCC1. The number of piperazine rings is 1. The number of carbonyl (C=O) groups excluding carboxylic acids is 2. The molecule has 6 nitrogen and oxygen atoms in total. The Bertz CT molecular complexity index is 348. The van der Waals surface area contributed by atoms with Gasteiger partial charge in [0.25, 0.3) is 0 Å². The number of carbonyl (C=O) groups is 2. The molecule has 2 saturated heterocycles. The van der Waals surface area contributed by atoms with Crippen molar-refractivity contribution in [3.8, 4) is 0 Å². The molecule has 22 heavy (non-hydrogen) atoms. The van der Waals surface area contributed by atoms with Crippen LogP contribution in [0.2, 0.25) is 0 Å². The lowest BCUT2D eigenvalue weighted by atomic mass is 10.1. The van der Waals surface area contributed by atoms with E-state index in [1.54, 1.807) is 4.90 Å². The average molecular weight is 333 g/mol. The summed E-state index contributed by atoms with van der Waals surface area (Å²) >= 11 is 0. The van der Waals surface area contributed by atoms with E-state index in [0.717, 1.165) is 65.0 Å². The Balaban J connectivity index is 0.00000242. The van der Waals surface area contributed by atoms with Crippen LogP contribution in [-0.4, -0.2) is 74.0 Å². The molecule has 128 valence electrons. The van der Waals surface area contributed by atoms with Crippen molar-refractivity contribution in [3.63, 3.8) is 0 Å². The summed E-state index contributed by atoms with van der Waals surface area (Å²) in [5, 5.41) is 6.25. The maximum atomic E-state index is 12.0. The molecule has 2 amide bonds. The highest BCUT2D eigenvalue weighted by Crippen LogP contribution is 2.11. The lowest BCUT2D eigenvalue weighted by molar-refractivity contribution is -0.136. The maximum Gasteiger partial charge on any atom is 0.239 e. The fourth-order valence-corrected chi connectivity index (χ4v) is 2.90. The highest BCUT2D eigenvalue weighted by Gasteiger charge is 2.18. The third kappa shape index (κ3) is 6.94. The molecule has 0 bridgehead atoms. The number of likely N-dealkylation sites (tertiary alicyclic amines) is 1. The summed E-state index contributed by atoms with van der Waals surface area (Å²) in [6.45, 7) is 6.64. The van der Waals surface area contributed by atoms with Crippen molar-refractivity contribution in [1.82, 2.24) is 20.4 Å². The summed E-state index contributed by atoms with van der Waals surface area (Å²) in [5.74, 6) is 0.103. The molecule has 0 unspecified atom stereocenters. The van der Waals surface area contributed by atoms with Gasteiger partial charge in [-0.1, -0.05) is 12.8 Å². The second-order valence-corrected chi connectivity index (χ2v) is 5.92. The highest BCUT2D eigenvalue weighted by atomic mass is 35.5. The monoisotopic (exact) mass is 332 g/mol. The molecular formula is C15H29ClN4O2. The first-order chi connectivity index (χ1) is 10.3. The van der Waals surface area contributed by atoms with E-state index in [9.17, 15) is 9.59 Å². The van der Waals surface area contributed by atoms with Crippen molar-refractivity contribution in [2.45, 2.75) is 32.1 Å². The van der Waals surface area contributed by atoms with Gasteiger partial charge in [0.2, 0.25) is 11.8 Å². The first-order valence-electron chi connectivity index (χ1n) is 8.23. The molecule has 0 aromatic rings. The van der Waals surface area contributed by atoms with Gasteiger partial charge in [-0.25, -0.2) is 0 Å². The van der Waals surface area contributed by atoms with Crippen molar-refractivity contribution in [2.75, 3.05) is 52.4 Å². The molecule has 0 aromatic carbocycles. The first kappa shape index (κ1) is 19.2. The van der Waals surface area contributed by atoms with Gasteiger partial charge in [-0.2, -0.15) is 0 Å². The van der Waals surface area contributed by atoms with Crippen molar-refractivity contribution in [2.24, 2.45) is 0 Å². The lowest BCUT2D eigenvalue weighted by Gasteiger charge is -2.27. The normalized spacial score (nSPS) is 20.7. The minimum absolute atomic E-state index is 0. The van der Waals surface area contributed by atoms with Crippen LogP contribution >= 0.6 is 12.4 Å². The summed E-state index contributed by atoms with van der Waals surface area (Å²) in [6, 6.07) is 0. The number of rotatable bonds is 5. The largest absolute Gasteiger partial charge is 0.353 e. The molecule has 0 radical (unpaired) electrons. The standard InChI is InChI=1S/C15H28N4O2.ClH/c20-14(17-8-12-18-10-6-16-7-11-18)13-19-9-4-2-1-3-5-15(19)21;/h16H,1-13H2,(H,17,20);1H. The van der Waals surface area contributed by atoms with Crippen LogP contribution in [0.5, 0.6) is 0 Å². The molecule has 2 N–H and O–H groups in total. The van der Waals surface area contributed by atoms with Crippen LogP contribution in [0.15, 0.2) is 0 Å². The Morgan fingerprint density at radius 2 is 1.82 bits per heavy atom. The maximum absolute atomic E-state index is 12.0. The minimum atomic E-state index is -0.0287. The van der Waals surface area contributed by atoms with Gasteiger partial charge in [-0.3, -0.25) is 14.5 Å². The van der Waals surface area contributed by atoms with Gasteiger partial charge in [0.1, 0.15) is 0 Å². The van der Waals surface area contributed by atoms with Crippen LogP contribution in [-0.2, 0) is 9.59 Å². The van der Waals surface area contributed by atoms with E-state index in [4.69, 9.17) is 0 Å². The number of hydrogen-bond acceptors (Lipinski definition) is 4. The zero-order valence-electron chi connectivity index (χ0n) is 13.3. The van der Waals surface area contributed by atoms with Crippen LogP contribution < -0.4 is 10.6 Å². The van der Waals surface area contributed by atoms with Crippen LogP contribution in [0.3, 0.4) is 0 Å². The van der Waals surface area contributed by atoms with Gasteiger partial charge < -0.3 is 15.5 Å². The molecule has 2 fully saturated rings. The lowest BCUT2D eigenvalue weighted by Crippen LogP contribution is -2.47. The number of nitrogens with one attached hydrogen (secondary N) is 2. The predicted octanol–water partition coefficient (Wildman–Crippen LogP) is 0.222. The molecule has 0 spiro atoms. The molecule has 0 aromatic heterocycles. The Morgan fingerprint density at radius 1 is 1.09 bits per heavy atom. The summed E-state index contributed by atoms with van der Waals surface area (Å²) in [4.78, 5) is 28.0. The van der Waals surface area contributed by atoms with Crippen LogP contribution in [0.4, 0.5) is 0 Å². The topological polar surface area (TPSA) is 64.7 Å². The fourth-order valence-electron chi connectivity index (χ4n) is 2.90. The highest BCUT2D eigenvalue weighted by molar-refractivity contribution is 5.85. The molecule has 2 aliphatic rings. The Kier molecular flexibility index (Phi) is 9.43. The van der Waals surface area contributed by atoms with Crippen molar-refractivity contribution in [3.05, 3.63) is 0 Å². The number of halogens is 1. The fraction of sp³-hybridized carbons (Fsp3) is 0.867. The summed E-state index contributed by atoms with van der Waals surface area (Å²) in [7, 11) is 0. The number of amides is 2. The van der Waals surface area contributed by atoms with E-state index in [1.165, 1.54) is 0 Å². The predicted molar refractivity (Wildman–Crippen MR) is 89.2 cm³/mol. The van der Waals surface area contributed by atoms with Crippen LogP contribution in [0, 0.1) is 0 Å². The van der Waals surface area contributed by atoms with Gasteiger partial charge >= 0.3 is 0 Å². The van der Waals surface area contributed by atoms with Gasteiger partial charge in [0, 0.05) is 52.2 Å². The Hall–Kier alpha value is -0.850. The smallest absolute Gasteiger partial charge is 0.239 e. The van der Waals surface area contributed by atoms with E-state index >= 15 is 0 Å². The molecule has 0 atom stereocenters. The summed E-state index contributed by atoms with van der Waals surface area (Å²) in [6.07, 6.45) is 4.86. The quantitative estimate of drug-likeness (QED) is 0.756. The summed E-state index contributed by atoms with van der Waals surface area (Å²) < 4.78 is 0. The van der Waals surface area contributed by atoms with Crippen LogP contribution in [0.25, 0.3) is 0 Å². The van der Waals surface area contributed by atoms with E-state index < -0.39 is 0 Å². The average Bonchev–Trinajstić information content (AvgIpc) is 2.48. The van der Waals surface area contributed by atoms with E-state index in [0.29, 0.717) is 13.0 Å². The third-order valence-electron chi connectivity index (χ3n) is 4.22. The first-order valence-corrected chi connectivity index (χ1v) is 8.23. The van der Waals surface area contributed by atoms with Gasteiger partial charge in [0.15, 0.2) is 0 Å². The zero-order chi connectivity index (χ0) is 14.9. The molecule has 2 aliphatic heterocycles. The Labute approximate surface area is 139 Å². The third-order valence-corrected chi connectivity index (χ3v) is 4.22. The van der Waals surface area contributed by atoms with Crippen molar-refractivity contribution >= 4 is 24.2 Å². The summed E-state index contributed by atoms with van der Waals surface area (Å²) in [5.41, 5.74) is 0. The number of nitrogens with zero attached hydrogens (tertiary/aromatic N) is 2. The number of hydrogen-bond donors (Lipinski definition) is 2. The van der Waals surface area contributed by atoms with Gasteiger partial charge in [0.05, 0.1) is 6.54 Å². The Morgan fingerprint density at radius 3 is 2.59 bits per heavy atom. The molecule has 0 aliphatic carbocycles.